The molecule has 1 saturated heterocycles. The standard InChI is InChI=1S/C21H24F3N3O2/c22-21(23,24)19-17(12-28)29-16-4-3-15-11-27(25-20(15)18(16)19)10-14-5-7-26(8-6-14)9-13-1-2-13/h11-14H,1-10H2. The number of aryl methyl sites for hydroxylation is 2. The number of carbonyl (C=O) groups is 1. The number of fused-ring (bicyclic) bond motifs is 3. The maximum Gasteiger partial charge on any atom is 0.420 e. The Kier molecular flexibility index (Phi) is 4.57. The zero-order chi connectivity index (χ0) is 20.2. The monoisotopic (exact) mass is 407 g/mol. The third-order valence-corrected chi connectivity index (χ3v) is 6.46. The number of likely N-dealkylation sites (tertiary alicyclic amines) is 1. The van der Waals surface area contributed by atoms with Crippen LogP contribution in [0.15, 0.2) is 10.6 Å². The van der Waals surface area contributed by atoms with Crippen LogP contribution in [0.5, 0.6) is 0 Å². The first kappa shape index (κ1) is 18.9. The van der Waals surface area contributed by atoms with Crippen LogP contribution in [0.2, 0.25) is 0 Å². The van der Waals surface area contributed by atoms with Crippen LogP contribution in [0.4, 0.5) is 13.2 Å². The fourth-order valence-corrected chi connectivity index (χ4v) is 4.77. The van der Waals surface area contributed by atoms with Crippen molar-refractivity contribution < 1.29 is 22.4 Å². The van der Waals surface area contributed by atoms with Crippen molar-refractivity contribution in [2.24, 2.45) is 11.8 Å². The smallest absolute Gasteiger partial charge is 0.420 e. The van der Waals surface area contributed by atoms with Crippen molar-refractivity contribution in [3.63, 3.8) is 0 Å². The van der Waals surface area contributed by atoms with E-state index in [4.69, 9.17) is 4.42 Å². The molecule has 2 aromatic rings. The fraction of sp³-hybridized carbons (Fsp3) is 0.619. The summed E-state index contributed by atoms with van der Waals surface area (Å²) in [5.41, 5.74) is 0.0925. The van der Waals surface area contributed by atoms with Crippen molar-refractivity contribution >= 4 is 6.29 Å². The van der Waals surface area contributed by atoms with E-state index < -0.39 is 17.5 Å². The van der Waals surface area contributed by atoms with Crippen molar-refractivity contribution in [2.45, 2.75) is 51.2 Å². The van der Waals surface area contributed by atoms with Crippen LogP contribution in [-0.4, -0.2) is 40.6 Å². The highest BCUT2D eigenvalue weighted by molar-refractivity contribution is 5.82. The number of aromatic nitrogens is 2. The summed E-state index contributed by atoms with van der Waals surface area (Å²) in [6.45, 7) is 4.12. The molecule has 29 heavy (non-hydrogen) atoms. The highest BCUT2D eigenvalue weighted by Gasteiger charge is 2.43. The number of alkyl halides is 3. The molecule has 3 aliphatic rings. The lowest BCUT2D eigenvalue weighted by atomic mass is 9.93. The van der Waals surface area contributed by atoms with E-state index in [0.717, 1.165) is 44.0 Å². The van der Waals surface area contributed by atoms with E-state index in [0.29, 0.717) is 24.5 Å². The number of nitrogens with zero attached hydrogens (tertiary/aromatic N) is 3. The molecule has 2 aliphatic carbocycles. The van der Waals surface area contributed by atoms with E-state index in [-0.39, 0.29) is 17.6 Å². The molecule has 0 unspecified atom stereocenters. The van der Waals surface area contributed by atoms with Crippen LogP contribution in [0.3, 0.4) is 0 Å². The minimum atomic E-state index is -4.65. The molecule has 2 fully saturated rings. The maximum atomic E-state index is 13.6. The zero-order valence-corrected chi connectivity index (χ0v) is 16.2. The second-order valence-corrected chi connectivity index (χ2v) is 8.67. The predicted octanol–water partition coefficient (Wildman–Crippen LogP) is 4.20. The van der Waals surface area contributed by atoms with Gasteiger partial charge < -0.3 is 9.32 Å². The normalized spacial score (nSPS) is 20.5. The third-order valence-electron chi connectivity index (χ3n) is 6.46. The predicted molar refractivity (Wildman–Crippen MR) is 99.6 cm³/mol. The minimum Gasteiger partial charge on any atom is -0.457 e. The summed E-state index contributed by atoms with van der Waals surface area (Å²) in [6, 6.07) is 0. The largest absolute Gasteiger partial charge is 0.457 e. The summed E-state index contributed by atoms with van der Waals surface area (Å²) >= 11 is 0. The molecule has 0 amide bonds. The van der Waals surface area contributed by atoms with Gasteiger partial charge >= 0.3 is 6.18 Å². The van der Waals surface area contributed by atoms with Crippen molar-refractivity contribution in [3.05, 3.63) is 28.8 Å². The first-order chi connectivity index (χ1) is 13.9. The lowest BCUT2D eigenvalue weighted by Gasteiger charge is -2.31. The summed E-state index contributed by atoms with van der Waals surface area (Å²) in [5.74, 6) is 0.953. The van der Waals surface area contributed by atoms with Crippen LogP contribution in [0, 0.1) is 11.8 Å². The van der Waals surface area contributed by atoms with Crippen LogP contribution < -0.4 is 0 Å². The van der Waals surface area contributed by atoms with Gasteiger partial charge in [-0.2, -0.15) is 18.3 Å². The average Bonchev–Trinajstić information content (AvgIpc) is 3.25. The van der Waals surface area contributed by atoms with Gasteiger partial charge in [-0.15, -0.1) is 0 Å². The Morgan fingerprint density at radius 2 is 1.83 bits per heavy atom. The molecule has 5 nitrogen and oxygen atoms in total. The molecule has 0 bridgehead atoms. The highest BCUT2D eigenvalue weighted by Crippen LogP contribution is 2.45. The second-order valence-electron chi connectivity index (χ2n) is 8.67. The van der Waals surface area contributed by atoms with E-state index in [2.05, 4.69) is 10.00 Å². The minimum absolute atomic E-state index is 0.0427. The highest BCUT2D eigenvalue weighted by atomic mass is 19.4. The maximum absolute atomic E-state index is 13.6. The molecule has 0 N–H and O–H groups in total. The topological polar surface area (TPSA) is 51.3 Å². The number of hydrogen-bond donors (Lipinski definition) is 0. The van der Waals surface area contributed by atoms with Gasteiger partial charge in [-0.3, -0.25) is 9.48 Å². The molecule has 0 radical (unpaired) electrons. The molecule has 0 spiro atoms. The second kappa shape index (κ2) is 7.00. The quantitative estimate of drug-likeness (QED) is 0.698. The van der Waals surface area contributed by atoms with E-state index in [1.54, 1.807) is 4.68 Å². The Morgan fingerprint density at radius 1 is 1.10 bits per heavy atom. The summed E-state index contributed by atoms with van der Waals surface area (Å²) in [7, 11) is 0. The Morgan fingerprint density at radius 3 is 2.48 bits per heavy atom. The van der Waals surface area contributed by atoms with Gasteiger partial charge in [0.15, 0.2) is 12.0 Å². The number of furan rings is 1. The number of carbonyl (C=O) groups excluding carboxylic acids is 1. The Balaban J connectivity index is 1.35. The van der Waals surface area contributed by atoms with E-state index in [1.165, 1.54) is 19.4 Å². The Labute approximate surface area is 166 Å². The van der Waals surface area contributed by atoms with Crippen LogP contribution in [0.1, 0.15) is 53.1 Å². The first-order valence-corrected chi connectivity index (χ1v) is 10.4. The molecular weight excluding hydrogens is 383 g/mol. The number of aldehydes is 1. The Hall–Kier alpha value is -2.09. The van der Waals surface area contributed by atoms with E-state index in [9.17, 15) is 18.0 Å². The molecule has 1 saturated carbocycles. The third kappa shape index (κ3) is 3.63. The molecule has 5 rings (SSSR count). The van der Waals surface area contributed by atoms with Gasteiger partial charge in [-0.1, -0.05) is 0 Å². The summed E-state index contributed by atoms with van der Waals surface area (Å²) in [6.07, 6.45) is 3.21. The molecule has 3 heterocycles. The molecule has 0 aromatic carbocycles. The fourth-order valence-electron chi connectivity index (χ4n) is 4.77. The number of hydrogen-bond acceptors (Lipinski definition) is 4. The molecule has 1 aliphatic heterocycles. The number of piperidine rings is 1. The van der Waals surface area contributed by atoms with Crippen LogP contribution >= 0.6 is 0 Å². The van der Waals surface area contributed by atoms with Crippen LogP contribution in [0.25, 0.3) is 11.3 Å². The van der Waals surface area contributed by atoms with Gasteiger partial charge in [0, 0.05) is 25.7 Å². The van der Waals surface area contributed by atoms with Gasteiger partial charge in [0.2, 0.25) is 0 Å². The molecule has 0 atom stereocenters. The lowest BCUT2D eigenvalue weighted by Crippen LogP contribution is -2.36. The molecule has 8 heteroatoms. The summed E-state index contributed by atoms with van der Waals surface area (Å²) in [4.78, 5) is 13.7. The van der Waals surface area contributed by atoms with Crippen molar-refractivity contribution in [1.82, 2.24) is 14.7 Å². The zero-order valence-electron chi connectivity index (χ0n) is 16.2. The van der Waals surface area contributed by atoms with Gasteiger partial charge in [0.25, 0.3) is 0 Å². The number of rotatable bonds is 5. The van der Waals surface area contributed by atoms with Gasteiger partial charge in [-0.25, -0.2) is 0 Å². The summed E-state index contributed by atoms with van der Waals surface area (Å²) in [5, 5.41) is 4.51. The van der Waals surface area contributed by atoms with E-state index in [1.807, 2.05) is 6.20 Å². The average molecular weight is 407 g/mol. The van der Waals surface area contributed by atoms with Gasteiger partial charge in [-0.05, 0) is 62.6 Å². The van der Waals surface area contributed by atoms with Gasteiger partial charge in [0.1, 0.15) is 11.3 Å². The SMILES string of the molecule is O=Cc1oc2c(c1C(F)(F)F)-c1nn(CC3CCN(CC4CC4)CC3)cc1CC2. The van der Waals surface area contributed by atoms with Gasteiger partial charge in [0.05, 0.1) is 11.3 Å². The molecular formula is C21H24F3N3O2. The van der Waals surface area contributed by atoms with Crippen molar-refractivity contribution in [2.75, 3.05) is 19.6 Å². The van der Waals surface area contributed by atoms with E-state index >= 15 is 0 Å². The first-order valence-electron chi connectivity index (χ1n) is 10.4. The Bertz CT molecular complexity index is 918. The number of halogens is 3. The van der Waals surface area contributed by atoms with Crippen molar-refractivity contribution in [1.29, 1.82) is 0 Å². The van der Waals surface area contributed by atoms with Crippen molar-refractivity contribution in [3.8, 4) is 11.3 Å². The van der Waals surface area contributed by atoms with Crippen LogP contribution in [-0.2, 0) is 25.6 Å². The summed E-state index contributed by atoms with van der Waals surface area (Å²) < 4.78 is 47.8. The lowest BCUT2D eigenvalue weighted by molar-refractivity contribution is -0.137. The molecule has 156 valence electrons. The molecule has 2 aromatic heterocycles.